The first-order valence-electron chi connectivity index (χ1n) is 15.9. The van der Waals surface area contributed by atoms with Crippen molar-refractivity contribution in [1.82, 2.24) is 26.6 Å². The molecule has 2 unspecified atom stereocenters. The Labute approximate surface area is 284 Å². The fourth-order valence-electron chi connectivity index (χ4n) is 4.28. The lowest BCUT2D eigenvalue weighted by atomic mass is 10.0. The van der Waals surface area contributed by atoms with Crippen LogP contribution in [0.3, 0.4) is 0 Å². The van der Waals surface area contributed by atoms with E-state index in [1.54, 1.807) is 55.5 Å². The van der Waals surface area contributed by atoms with Crippen LogP contribution < -0.4 is 31.3 Å². The number of alkyl carbamates (subject to hydrolysis) is 1. The van der Waals surface area contributed by atoms with Gasteiger partial charge in [0.1, 0.15) is 17.8 Å². The molecule has 2 rings (SSSR count). The molecule has 4 atom stereocenters. The van der Waals surface area contributed by atoms with Crippen molar-refractivity contribution < 1.29 is 48.1 Å². The van der Waals surface area contributed by atoms with Gasteiger partial charge in [0.2, 0.25) is 23.5 Å². The Morgan fingerprint density at radius 3 is 1.96 bits per heavy atom. The van der Waals surface area contributed by atoms with Crippen LogP contribution in [0.1, 0.15) is 58.6 Å². The highest BCUT2D eigenvalue weighted by Gasteiger charge is 2.31. The molecule has 2 aromatic rings. The molecular weight excluding hydrogens is 638 g/mol. The van der Waals surface area contributed by atoms with E-state index in [-0.39, 0.29) is 32.0 Å². The average molecular weight is 684 g/mol. The van der Waals surface area contributed by atoms with Gasteiger partial charge >= 0.3 is 12.1 Å². The van der Waals surface area contributed by atoms with Crippen LogP contribution in [0.2, 0.25) is 0 Å². The molecule has 0 bridgehead atoms. The Morgan fingerprint density at radius 2 is 1.37 bits per heavy atom. The molecule has 266 valence electrons. The molecule has 0 spiro atoms. The SMILES string of the molecule is CCCC(NC(=O)[C@H](CCOc1ccccc1)NC(=O)[C@H](C)NC(=O)OCC(C)C)C(=O)C(=O)NCC(=O)NC(C(=O)O)c1ccccc1. The Balaban J connectivity index is 2.07. The molecule has 0 aliphatic carbocycles. The fourth-order valence-corrected chi connectivity index (χ4v) is 4.28. The monoisotopic (exact) mass is 683 g/mol. The highest BCUT2D eigenvalue weighted by Crippen LogP contribution is 2.13. The Kier molecular flexibility index (Phi) is 16.8. The van der Waals surface area contributed by atoms with E-state index in [1.807, 2.05) is 13.8 Å². The third kappa shape index (κ3) is 14.5. The minimum absolute atomic E-state index is 0.0110. The Morgan fingerprint density at radius 1 is 0.755 bits per heavy atom. The van der Waals surface area contributed by atoms with Gasteiger partial charge in [-0.1, -0.05) is 75.7 Å². The molecule has 2 aromatic carbocycles. The highest BCUT2D eigenvalue weighted by molar-refractivity contribution is 6.38. The summed E-state index contributed by atoms with van der Waals surface area (Å²) in [5.41, 5.74) is 0.309. The maximum absolute atomic E-state index is 13.4. The number of ketones is 1. The second-order valence-corrected chi connectivity index (χ2v) is 11.5. The number of para-hydroxylation sites is 1. The van der Waals surface area contributed by atoms with Crippen molar-refractivity contribution in [2.24, 2.45) is 5.92 Å². The van der Waals surface area contributed by atoms with Crippen molar-refractivity contribution in [3.8, 4) is 5.75 Å². The van der Waals surface area contributed by atoms with E-state index in [0.717, 1.165) is 0 Å². The number of amides is 5. The molecule has 0 saturated carbocycles. The van der Waals surface area contributed by atoms with Crippen molar-refractivity contribution in [1.29, 1.82) is 0 Å². The predicted octanol–water partition coefficient (Wildman–Crippen LogP) is 1.62. The number of carboxylic acid groups (broad SMARTS) is 1. The van der Waals surface area contributed by atoms with E-state index in [9.17, 15) is 38.7 Å². The summed E-state index contributed by atoms with van der Waals surface area (Å²) in [7, 11) is 0. The number of hydrogen-bond acceptors (Lipinski definition) is 9. The summed E-state index contributed by atoms with van der Waals surface area (Å²) in [6, 6.07) is 11.6. The quantitative estimate of drug-likeness (QED) is 0.111. The van der Waals surface area contributed by atoms with Crippen molar-refractivity contribution in [3.63, 3.8) is 0 Å². The molecule has 0 aromatic heterocycles. The number of carboxylic acids is 1. The van der Waals surface area contributed by atoms with Gasteiger partial charge in [-0.2, -0.15) is 0 Å². The number of hydrogen-bond donors (Lipinski definition) is 6. The zero-order valence-electron chi connectivity index (χ0n) is 28.0. The molecule has 0 aliphatic heterocycles. The van der Waals surface area contributed by atoms with E-state index in [0.29, 0.717) is 17.7 Å². The topological polar surface area (TPSA) is 218 Å². The first-order chi connectivity index (χ1) is 23.3. The van der Waals surface area contributed by atoms with E-state index >= 15 is 0 Å². The molecule has 49 heavy (non-hydrogen) atoms. The van der Waals surface area contributed by atoms with Crippen molar-refractivity contribution in [2.45, 2.75) is 71.1 Å². The van der Waals surface area contributed by atoms with Gasteiger partial charge in [-0.15, -0.1) is 0 Å². The minimum atomic E-state index is -1.38. The zero-order valence-corrected chi connectivity index (χ0v) is 28.0. The van der Waals surface area contributed by atoms with E-state index < -0.39 is 72.2 Å². The highest BCUT2D eigenvalue weighted by atomic mass is 16.5. The van der Waals surface area contributed by atoms with Gasteiger partial charge in [-0.05, 0) is 37.0 Å². The van der Waals surface area contributed by atoms with Gasteiger partial charge in [-0.25, -0.2) is 9.59 Å². The third-order valence-electron chi connectivity index (χ3n) is 6.86. The number of aliphatic carboxylic acids is 1. The zero-order chi connectivity index (χ0) is 36.3. The smallest absolute Gasteiger partial charge is 0.407 e. The number of ether oxygens (including phenoxy) is 2. The minimum Gasteiger partial charge on any atom is -0.494 e. The fraction of sp³-hybridized carbons (Fsp3) is 0.441. The number of carbonyl (C=O) groups excluding carboxylic acids is 6. The lowest BCUT2D eigenvalue weighted by Gasteiger charge is -2.24. The Bertz CT molecular complexity index is 1420. The first kappa shape index (κ1) is 39.7. The molecule has 0 heterocycles. The number of nitrogens with one attached hydrogen (secondary N) is 5. The van der Waals surface area contributed by atoms with Crippen LogP contribution in [0.5, 0.6) is 5.75 Å². The van der Waals surface area contributed by atoms with E-state index in [1.165, 1.54) is 19.1 Å². The molecule has 0 aliphatic rings. The molecule has 6 N–H and O–H groups in total. The average Bonchev–Trinajstić information content (AvgIpc) is 3.08. The summed E-state index contributed by atoms with van der Waals surface area (Å²) >= 11 is 0. The Hall–Kier alpha value is -5.47. The van der Waals surface area contributed by atoms with Crippen LogP contribution in [-0.2, 0) is 33.5 Å². The van der Waals surface area contributed by atoms with Gasteiger partial charge in [0, 0.05) is 6.42 Å². The van der Waals surface area contributed by atoms with E-state index in [2.05, 4.69) is 26.6 Å². The first-order valence-corrected chi connectivity index (χ1v) is 15.9. The summed E-state index contributed by atoms with van der Waals surface area (Å²) in [6.07, 6.45) is -0.408. The molecule has 0 saturated heterocycles. The molecule has 0 fully saturated rings. The van der Waals surface area contributed by atoms with Gasteiger partial charge < -0.3 is 41.2 Å². The number of rotatable bonds is 20. The van der Waals surface area contributed by atoms with Crippen LogP contribution in [-0.4, -0.2) is 84.5 Å². The number of carbonyl (C=O) groups is 7. The van der Waals surface area contributed by atoms with Crippen molar-refractivity contribution in [3.05, 3.63) is 66.2 Å². The summed E-state index contributed by atoms with van der Waals surface area (Å²) in [5, 5.41) is 21.4. The van der Waals surface area contributed by atoms with Crippen LogP contribution in [0, 0.1) is 5.92 Å². The molecule has 15 heteroatoms. The lowest BCUT2D eigenvalue weighted by molar-refractivity contribution is -0.142. The van der Waals surface area contributed by atoms with Gasteiger partial charge in [0.25, 0.3) is 5.91 Å². The second kappa shape index (κ2) is 20.7. The summed E-state index contributed by atoms with van der Waals surface area (Å²) in [4.78, 5) is 88.5. The van der Waals surface area contributed by atoms with Crippen molar-refractivity contribution >= 4 is 41.5 Å². The van der Waals surface area contributed by atoms with E-state index in [4.69, 9.17) is 9.47 Å². The third-order valence-corrected chi connectivity index (χ3v) is 6.86. The van der Waals surface area contributed by atoms with Crippen molar-refractivity contribution in [2.75, 3.05) is 19.8 Å². The maximum Gasteiger partial charge on any atom is 0.407 e. The predicted molar refractivity (Wildman–Crippen MR) is 177 cm³/mol. The van der Waals surface area contributed by atoms with Crippen LogP contribution in [0.4, 0.5) is 4.79 Å². The largest absolute Gasteiger partial charge is 0.494 e. The van der Waals surface area contributed by atoms with Crippen LogP contribution >= 0.6 is 0 Å². The number of benzene rings is 2. The molecular formula is C34H45N5O10. The van der Waals surface area contributed by atoms with Crippen LogP contribution in [0.25, 0.3) is 0 Å². The van der Waals surface area contributed by atoms with Gasteiger partial charge in [-0.3, -0.25) is 24.0 Å². The summed E-state index contributed by atoms with van der Waals surface area (Å²) in [6.45, 7) is 6.27. The van der Waals surface area contributed by atoms with Crippen LogP contribution in [0.15, 0.2) is 60.7 Å². The molecule has 15 nitrogen and oxygen atoms in total. The standard InChI is InChI=1S/C34H45N5O10/c1-5-12-25(29(41)32(44)35-19-27(40)39-28(33(45)46)23-13-8-6-9-14-23)37-31(43)26(17-18-48-24-15-10-7-11-16-24)38-30(42)22(4)36-34(47)49-20-21(2)3/h6-11,13-16,21-22,25-26,28H,5,12,17-20H2,1-4H3,(H,35,44)(H,36,47)(H,37,43)(H,38,42)(H,39,40)(H,45,46)/t22-,25?,26-,28?/m0/s1. The maximum atomic E-state index is 13.4. The summed E-state index contributed by atoms with van der Waals surface area (Å²) < 4.78 is 10.7. The summed E-state index contributed by atoms with van der Waals surface area (Å²) in [5.74, 6) is -5.29. The van der Waals surface area contributed by atoms with Gasteiger partial charge in [0.05, 0.1) is 25.8 Å². The number of Topliss-reactive ketones (excluding diaryl/α,β-unsaturated/α-hetero) is 1. The van der Waals surface area contributed by atoms with Gasteiger partial charge in [0.15, 0.2) is 6.04 Å². The normalized spacial score (nSPS) is 13.1. The molecule has 5 amide bonds. The second-order valence-electron chi connectivity index (χ2n) is 11.5. The lowest BCUT2D eigenvalue weighted by Crippen LogP contribution is -2.56. The molecule has 0 radical (unpaired) electrons.